The molecule has 1 aliphatic rings. The summed E-state index contributed by atoms with van der Waals surface area (Å²) in [6.07, 6.45) is 1.52. The van der Waals surface area contributed by atoms with Crippen LogP contribution in [0.2, 0.25) is 0 Å². The number of nitrogens with one attached hydrogen (secondary N) is 1. The van der Waals surface area contributed by atoms with Gasteiger partial charge in [-0.25, -0.2) is 0 Å². The normalized spacial score (nSPS) is 16.1. The Morgan fingerprint density at radius 2 is 2.24 bits per heavy atom. The van der Waals surface area contributed by atoms with Gasteiger partial charge in [-0.15, -0.1) is 0 Å². The van der Waals surface area contributed by atoms with Crippen LogP contribution in [0.4, 0.5) is 5.69 Å². The van der Waals surface area contributed by atoms with Crippen molar-refractivity contribution in [3.63, 3.8) is 0 Å². The van der Waals surface area contributed by atoms with E-state index in [-0.39, 0.29) is 17.9 Å². The Kier molecular flexibility index (Phi) is 4.88. The zero-order valence-corrected chi connectivity index (χ0v) is 13.9. The zero-order valence-electron chi connectivity index (χ0n) is 12.3. The molecule has 1 heterocycles. The van der Waals surface area contributed by atoms with E-state index in [2.05, 4.69) is 21.2 Å². The highest BCUT2D eigenvalue weighted by molar-refractivity contribution is 9.10. The Labute approximate surface area is 133 Å². The summed E-state index contributed by atoms with van der Waals surface area (Å²) in [4.78, 5) is 25.7. The smallest absolute Gasteiger partial charge is 0.251 e. The average Bonchev–Trinajstić information content (AvgIpc) is 2.79. The van der Waals surface area contributed by atoms with E-state index in [1.54, 1.807) is 17.0 Å². The van der Waals surface area contributed by atoms with Crippen LogP contribution in [0.1, 0.15) is 35.7 Å². The number of amides is 2. The van der Waals surface area contributed by atoms with Crippen molar-refractivity contribution in [2.45, 2.75) is 32.7 Å². The molecule has 0 aliphatic carbocycles. The third kappa shape index (κ3) is 3.75. The number of hydrogen-bond donors (Lipinski definition) is 2. The number of nitrogens with two attached hydrogens (primary N) is 1. The van der Waals surface area contributed by atoms with Gasteiger partial charge in [0, 0.05) is 41.3 Å². The van der Waals surface area contributed by atoms with Crippen LogP contribution in [0.5, 0.6) is 0 Å². The van der Waals surface area contributed by atoms with Crippen LogP contribution in [0.3, 0.4) is 0 Å². The molecule has 6 heteroatoms. The lowest BCUT2D eigenvalue weighted by Crippen LogP contribution is -2.42. The molecule has 1 atom stereocenters. The molecule has 1 aliphatic heterocycles. The molecule has 0 saturated carbocycles. The highest BCUT2D eigenvalue weighted by Gasteiger charge is 2.23. The van der Waals surface area contributed by atoms with Gasteiger partial charge in [0.05, 0.1) is 0 Å². The second-order valence-electron chi connectivity index (χ2n) is 5.49. The van der Waals surface area contributed by atoms with Crippen LogP contribution in [0, 0.1) is 6.92 Å². The number of carbonyl (C=O) groups is 2. The number of hydrogen-bond acceptors (Lipinski definition) is 3. The molecule has 114 valence electrons. The van der Waals surface area contributed by atoms with Gasteiger partial charge in [0.1, 0.15) is 0 Å². The Hall–Kier alpha value is -1.56. The fraction of sp³-hybridized carbons (Fsp3) is 0.467. The van der Waals surface area contributed by atoms with Gasteiger partial charge in [-0.1, -0.05) is 15.9 Å². The van der Waals surface area contributed by atoms with Crippen molar-refractivity contribution in [2.24, 2.45) is 0 Å². The summed E-state index contributed by atoms with van der Waals surface area (Å²) in [6.45, 7) is 5.06. The van der Waals surface area contributed by atoms with Crippen molar-refractivity contribution in [2.75, 3.05) is 18.8 Å². The molecule has 0 spiro atoms. The van der Waals surface area contributed by atoms with Gasteiger partial charge in [0.2, 0.25) is 5.91 Å². The lowest BCUT2D eigenvalue weighted by Gasteiger charge is -2.22. The summed E-state index contributed by atoms with van der Waals surface area (Å²) in [7, 11) is 0. The van der Waals surface area contributed by atoms with Crippen LogP contribution in [0.25, 0.3) is 0 Å². The molecule has 1 unspecified atom stereocenters. The minimum absolute atomic E-state index is 0.0980. The van der Waals surface area contributed by atoms with Gasteiger partial charge in [-0.2, -0.15) is 0 Å². The molecule has 0 aromatic heterocycles. The van der Waals surface area contributed by atoms with Crippen LogP contribution >= 0.6 is 15.9 Å². The summed E-state index contributed by atoms with van der Waals surface area (Å²) in [5.74, 6) is -0.00127. The van der Waals surface area contributed by atoms with Crippen LogP contribution in [0.15, 0.2) is 16.6 Å². The molecule has 0 bridgehead atoms. The van der Waals surface area contributed by atoms with Crippen molar-refractivity contribution in [1.29, 1.82) is 0 Å². The Bertz CT molecular complexity index is 574. The fourth-order valence-electron chi connectivity index (χ4n) is 2.51. The monoisotopic (exact) mass is 353 g/mol. The van der Waals surface area contributed by atoms with Crippen molar-refractivity contribution >= 4 is 33.4 Å². The third-order valence-corrected chi connectivity index (χ3v) is 4.16. The predicted molar refractivity (Wildman–Crippen MR) is 86.0 cm³/mol. The first-order chi connectivity index (χ1) is 9.88. The molecule has 2 rings (SSSR count). The lowest BCUT2D eigenvalue weighted by atomic mass is 10.1. The summed E-state index contributed by atoms with van der Waals surface area (Å²) < 4.78 is 0.776. The van der Waals surface area contributed by atoms with Gasteiger partial charge in [0.25, 0.3) is 5.91 Å². The Morgan fingerprint density at radius 1 is 1.52 bits per heavy atom. The first kappa shape index (κ1) is 15.8. The van der Waals surface area contributed by atoms with E-state index in [1.165, 1.54) is 0 Å². The predicted octanol–water partition coefficient (Wildman–Crippen LogP) is 2.08. The summed E-state index contributed by atoms with van der Waals surface area (Å²) in [5.41, 5.74) is 7.78. The molecule has 5 nitrogen and oxygen atoms in total. The van der Waals surface area contributed by atoms with Crippen molar-refractivity contribution in [1.82, 2.24) is 10.2 Å². The summed E-state index contributed by atoms with van der Waals surface area (Å²) in [6, 6.07) is 3.44. The molecule has 1 aromatic carbocycles. The molecule has 1 saturated heterocycles. The highest BCUT2D eigenvalue weighted by atomic mass is 79.9. The number of benzene rings is 1. The summed E-state index contributed by atoms with van der Waals surface area (Å²) in [5, 5.41) is 2.93. The van der Waals surface area contributed by atoms with E-state index in [4.69, 9.17) is 5.73 Å². The zero-order chi connectivity index (χ0) is 15.6. The number of carbonyl (C=O) groups excluding carboxylic acids is 2. The third-order valence-electron chi connectivity index (χ3n) is 3.70. The molecule has 0 radical (unpaired) electrons. The van der Waals surface area contributed by atoms with Gasteiger partial charge in [-0.05, 0) is 38.0 Å². The van der Waals surface area contributed by atoms with Gasteiger partial charge < -0.3 is 16.0 Å². The number of halogens is 1. The SMILES string of the molecule is Cc1c(N)cc(Br)cc1C(=O)NC(C)CN1CCCC1=O. The minimum atomic E-state index is -0.167. The molecule has 21 heavy (non-hydrogen) atoms. The van der Waals surface area contributed by atoms with E-state index >= 15 is 0 Å². The van der Waals surface area contributed by atoms with E-state index in [1.807, 2.05) is 13.8 Å². The topological polar surface area (TPSA) is 75.4 Å². The van der Waals surface area contributed by atoms with Gasteiger partial charge in [-0.3, -0.25) is 9.59 Å². The minimum Gasteiger partial charge on any atom is -0.398 e. The summed E-state index contributed by atoms with van der Waals surface area (Å²) >= 11 is 3.35. The van der Waals surface area contributed by atoms with Crippen molar-refractivity contribution in [3.05, 3.63) is 27.7 Å². The number of likely N-dealkylation sites (tertiary alicyclic amines) is 1. The number of nitrogens with zero attached hydrogens (tertiary/aromatic N) is 1. The molecule has 2 amide bonds. The van der Waals surface area contributed by atoms with Crippen LogP contribution < -0.4 is 11.1 Å². The molecular weight excluding hydrogens is 334 g/mol. The van der Waals surface area contributed by atoms with E-state index in [0.717, 1.165) is 23.0 Å². The Balaban J connectivity index is 2.02. The fourth-order valence-corrected chi connectivity index (χ4v) is 2.99. The van der Waals surface area contributed by atoms with Crippen LogP contribution in [-0.2, 0) is 4.79 Å². The second-order valence-corrected chi connectivity index (χ2v) is 6.40. The van der Waals surface area contributed by atoms with Crippen LogP contribution in [-0.4, -0.2) is 35.8 Å². The number of nitrogen functional groups attached to an aromatic ring is 1. The van der Waals surface area contributed by atoms with Crippen molar-refractivity contribution < 1.29 is 9.59 Å². The number of rotatable bonds is 4. The number of anilines is 1. The molecular formula is C15H20BrN3O2. The standard InChI is InChI=1S/C15H20BrN3O2/c1-9(8-19-5-3-4-14(19)20)18-15(21)12-6-11(16)7-13(17)10(12)2/h6-7,9H,3-5,8,17H2,1-2H3,(H,18,21). The first-order valence-electron chi connectivity index (χ1n) is 7.02. The van der Waals surface area contributed by atoms with E-state index in [9.17, 15) is 9.59 Å². The van der Waals surface area contributed by atoms with Gasteiger partial charge >= 0.3 is 0 Å². The highest BCUT2D eigenvalue weighted by Crippen LogP contribution is 2.22. The maximum absolute atomic E-state index is 12.3. The second kappa shape index (κ2) is 6.47. The quantitative estimate of drug-likeness (QED) is 0.813. The first-order valence-corrected chi connectivity index (χ1v) is 7.82. The molecule has 3 N–H and O–H groups in total. The van der Waals surface area contributed by atoms with E-state index in [0.29, 0.717) is 24.2 Å². The Morgan fingerprint density at radius 3 is 2.86 bits per heavy atom. The largest absolute Gasteiger partial charge is 0.398 e. The average molecular weight is 354 g/mol. The maximum atomic E-state index is 12.3. The van der Waals surface area contributed by atoms with Gasteiger partial charge in [0.15, 0.2) is 0 Å². The molecule has 1 aromatic rings. The van der Waals surface area contributed by atoms with Crippen molar-refractivity contribution in [3.8, 4) is 0 Å². The maximum Gasteiger partial charge on any atom is 0.251 e. The molecule has 1 fully saturated rings. The lowest BCUT2D eigenvalue weighted by molar-refractivity contribution is -0.127. The van der Waals surface area contributed by atoms with E-state index < -0.39 is 0 Å².